The molecule has 0 atom stereocenters. The Kier molecular flexibility index (Phi) is 2.71. The van der Waals surface area contributed by atoms with Gasteiger partial charge in [0.1, 0.15) is 0 Å². The Bertz CT molecular complexity index is 324. The molecule has 1 heterocycles. The fourth-order valence-corrected chi connectivity index (χ4v) is 2.34. The predicted octanol–water partition coefficient (Wildman–Crippen LogP) is 1.84. The molecule has 0 radical (unpaired) electrons. The Balaban J connectivity index is 1.89. The number of aromatic nitrogens is 2. The standard InChI is InChI=1S/C8H9N3S2/c1-2-5-12-8-11-10-7(13-8)9-6-3-4-6/h1,6H,3-5H2,(H,9,10). The zero-order valence-electron chi connectivity index (χ0n) is 6.99. The molecule has 1 aliphatic carbocycles. The molecule has 1 aromatic heterocycles. The number of rotatable bonds is 4. The highest BCUT2D eigenvalue weighted by Gasteiger charge is 2.22. The second-order valence-corrected chi connectivity index (χ2v) is 4.98. The molecule has 0 aromatic carbocycles. The van der Waals surface area contributed by atoms with Crippen LogP contribution in [0.1, 0.15) is 12.8 Å². The third-order valence-corrected chi connectivity index (χ3v) is 3.48. The lowest BCUT2D eigenvalue weighted by molar-refractivity contribution is 0.995. The van der Waals surface area contributed by atoms with Gasteiger partial charge in [-0.3, -0.25) is 0 Å². The maximum atomic E-state index is 5.14. The van der Waals surface area contributed by atoms with E-state index in [-0.39, 0.29) is 0 Å². The average molecular weight is 211 g/mol. The van der Waals surface area contributed by atoms with E-state index < -0.39 is 0 Å². The molecule has 0 unspecified atom stereocenters. The molecule has 1 saturated carbocycles. The van der Waals surface area contributed by atoms with E-state index in [1.807, 2.05) is 0 Å². The highest BCUT2D eigenvalue weighted by Crippen LogP contribution is 2.29. The summed E-state index contributed by atoms with van der Waals surface area (Å²) in [5.41, 5.74) is 0. The van der Waals surface area contributed by atoms with Crippen LogP contribution in [0.15, 0.2) is 4.34 Å². The summed E-state index contributed by atoms with van der Waals surface area (Å²) in [6, 6.07) is 0.637. The monoisotopic (exact) mass is 211 g/mol. The molecule has 0 amide bonds. The third kappa shape index (κ3) is 2.61. The highest BCUT2D eigenvalue weighted by atomic mass is 32.2. The zero-order chi connectivity index (χ0) is 9.10. The van der Waals surface area contributed by atoms with Gasteiger partial charge in [0.15, 0.2) is 4.34 Å². The van der Waals surface area contributed by atoms with Crippen LogP contribution in [0.2, 0.25) is 0 Å². The number of terminal acetylenes is 1. The second kappa shape index (κ2) is 3.99. The van der Waals surface area contributed by atoms with Crippen molar-refractivity contribution in [2.24, 2.45) is 0 Å². The van der Waals surface area contributed by atoms with E-state index in [0.29, 0.717) is 11.8 Å². The van der Waals surface area contributed by atoms with Crippen LogP contribution < -0.4 is 5.32 Å². The first kappa shape index (κ1) is 8.85. The lowest BCUT2D eigenvalue weighted by atomic mass is 10.7. The Morgan fingerprint density at radius 2 is 2.46 bits per heavy atom. The fourth-order valence-electron chi connectivity index (χ4n) is 0.832. The summed E-state index contributed by atoms with van der Waals surface area (Å²) < 4.78 is 0.945. The van der Waals surface area contributed by atoms with Crippen molar-refractivity contribution in [1.29, 1.82) is 0 Å². The number of hydrogen-bond donors (Lipinski definition) is 1. The topological polar surface area (TPSA) is 37.8 Å². The van der Waals surface area contributed by atoms with E-state index in [1.165, 1.54) is 12.8 Å². The van der Waals surface area contributed by atoms with Gasteiger partial charge in [0.25, 0.3) is 0 Å². The van der Waals surface area contributed by atoms with Gasteiger partial charge >= 0.3 is 0 Å². The summed E-state index contributed by atoms with van der Waals surface area (Å²) in [7, 11) is 0. The van der Waals surface area contributed by atoms with E-state index in [4.69, 9.17) is 6.42 Å². The summed E-state index contributed by atoms with van der Waals surface area (Å²) in [4.78, 5) is 0. The van der Waals surface area contributed by atoms with E-state index in [0.717, 1.165) is 9.47 Å². The molecule has 1 aliphatic rings. The highest BCUT2D eigenvalue weighted by molar-refractivity contribution is 8.01. The molecule has 1 aromatic rings. The van der Waals surface area contributed by atoms with Crippen molar-refractivity contribution in [3.8, 4) is 12.3 Å². The van der Waals surface area contributed by atoms with E-state index in [2.05, 4.69) is 21.4 Å². The molecule has 1 fully saturated rings. The van der Waals surface area contributed by atoms with Crippen molar-refractivity contribution in [1.82, 2.24) is 10.2 Å². The molecule has 0 spiro atoms. The van der Waals surface area contributed by atoms with Crippen LogP contribution in [0, 0.1) is 12.3 Å². The van der Waals surface area contributed by atoms with Gasteiger partial charge < -0.3 is 5.32 Å². The molecule has 68 valence electrons. The predicted molar refractivity (Wildman–Crippen MR) is 56.1 cm³/mol. The SMILES string of the molecule is C#CCSc1nnc(NC2CC2)s1. The van der Waals surface area contributed by atoms with E-state index in [1.54, 1.807) is 23.1 Å². The minimum atomic E-state index is 0.637. The largest absolute Gasteiger partial charge is 0.357 e. The lowest BCUT2D eigenvalue weighted by Gasteiger charge is -1.93. The van der Waals surface area contributed by atoms with Gasteiger partial charge in [0.2, 0.25) is 5.13 Å². The van der Waals surface area contributed by atoms with Crippen molar-refractivity contribution in [2.75, 3.05) is 11.1 Å². The van der Waals surface area contributed by atoms with Crippen molar-refractivity contribution >= 4 is 28.2 Å². The Labute approximate surface area is 85.3 Å². The molecular formula is C8H9N3S2. The average Bonchev–Trinajstić information content (AvgIpc) is 2.81. The molecule has 2 rings (SSSR count). The molecule has 0 saturated heterocycles. The maximum Gasteiger partial charge on any atom is 0.206 e. The van der Waals surface area contributed by atoms with Crippen molar-refractivity contribution in [2.45, 2.75) is 23.2 Å². The van der Waals surface area contributed by atoms with Crippen LogP contribution in [0.4, 0.5) is 5.13 Å². The van der Waals surface area contributed by atoms with Gasteiger partial charge in [-0.25, -0.2) is 0 Å². The summed E-state index contributed by atoms with van der Waals surface area (Å²) in [6.45, 7) is 0. The third-order valence-electron chi connectivity index (χ3n) is 1.59. The van der Waals surface area contributed by atoms with Crippen molar-refractivity contribution in [3.05, 3.63) is 0 Å². The first-order valence-electron chi connectivity index (χ1n) is 4.05. The lowest BCUT2D eigenvalue weighted by Crippen LogP contribution is -1.99. The molecule has 0 bridgehead atoms. The Morgan fingerprint density at radius 3 is 3.15 bits per heavy atom. The van der Waals surface area contributed by atoms with Crippen molar-refractivity contribution < 1.29 is 0 Å². The Hall–Kier alpha value is -0.730. The Morgan fingerprint density at radius 1 is 1.62 bits per heavy atom. The first-order valence-corrected chi connectivity index (χ1v) is 5.85. The number of hydrogen-bond acceptors (Lipinski definition) is 5. The van der Waals surface area contributed by atoms with Crippen LogP contribution in [0.25, 0.3) is 0 Å². The van der Waals surface area contributed by atoms with Gasteiger partial charge in [0, 0.05) is 6.04 Å². The summed E-state index contributed by atoms with van der Waals surface area (Å²) >= 11 is 3.13. The smallest absolute Gasteiger partial charge is 0.206 e. The zero-order valence-corrected chi connectivity index (χ0v) is 8.62. The van der Waals surface area contributed by atoms with Crippen LogP contribution in [0.5, 0.6) is 0 Å². The normalized spacial score (nSPS) is 15.3. The van der Waals surface area contributed by atoms with Gasteiger partial charge in [-0.05, 0) is 12.8 Å². The minimum absolute atomic E-state index is 0.637. The van der Waals surface area contributed by atoms with Crippen LogP contribution in [-0.4, -0.2) is 22.0 Å². The quantitative estimate of drug-likeness (QED) is 0.609. The fraction of sp³-hybridized carbons (Fsp3) is 0.500. The molecule has 0 aliphatic heterocycles. The van der Waals surface area contributed by atoms with Crippen LogP contribution in [0.3, 0.4) is 0 Å². The first-order chi connectivity index (χ1) is 6.38. The van der Waals surface area contributed by atoms with Gasteiger partial charge in [0.05, 0.1) is 5.75 Å². The molecule has 1 N–H and O–H groups in total. The molecular weight excluding hydrogens is 202 g/mol. The second-order valence-electron chi connectivity index (χ2n) is 2.78. The van der Waals surface area contributed by atoms with Crippen LogP contribution in [-0.2, 0) is 0 Å². The van der Waals surface area contributed by atoms with Gasteiger partial charge in [-0.15, -0.1) is 16.6 Å². The molecule has 5 heteroatoms. The summed E-state index contributed by atoms with van der Waals surface area (Å²) in [5.74, 6) is 3.22. The van der Waals surface area contributed by atoms with E-state index >= 15 is 0 Å². The summed E-state index contributed by atoms with van der Waals surface area (Å²) in [6.07, 6.45) is 7.66. The summed E-state index contributed by atoms with van der Waals surface area (Å²) in [5, 5.41) is 12.2. The van der Waals surface area contributed by atoms with Crippen LogP contribution >= 0.6 is 23.1 Å². The number of anilines is 1. The van der Waals surface area contributed by atoms with E-state index in [9.17, 15) is 0 Å². The number of nitrogens with one attached hydrogen (secondary N) is 1. The number of nitrogens with zero attached hydrogens (tertiary/aromatic N) is 2. The van der Waals surface area contributed by atoms with Gasteiger partial charge in [-0.2, -0.15) is 0 Å². The minimum Gasteiger partial charge on any atom is -0.357 e. The molecule has 13 heavy (non-hydrogen) atoms. The number of thioether (sulfide) groups is 1. The van der Waals surface area contributed by atoms with Crippen molar-refractivity contribution in [3.63, 3.8) is 0 Å². The molecule has 3 nitrogen and oxygen atoms in total. The van der Waals surface area contributed by atoms with Gasteiger partial charge in [-0.1, -0.05) is 29.0 Å². The maximum absolute atomic E-state index is 5.14.